The molecule has 0 saturated heterocycles. The molecule has 1 aromatic heterocycles. The summed E-state index contributed by atoms with van der Waals surface area (Å²) in [7, 11) is -3.64. The van der Waals surface area contributed by atoms with Gasteiger partial charge in [-0.25, -0.2) is 18.1 Å². The van der Waals surface area contributed by atoms with E-state index in [9.17, 15) is 13.2 Å². The Labute approximate surface area is 150 Å². The standard InChI is InChI=1S/C15H18ClN3O3S2/c1-24(21,22)19-15(20)13-14(16)23-12(18-13)10-17-9-5-8-11-6-3-2-4-7-11/h2-4,6-7,17H,5,8-10H2,1H3,(H,19,20). The number of sulfonamides is 1. The van der Waals surface area contributed by atoms with E-state index in [0.717, 1.165) is 37.0 Å². The van der Waals surface area contributed by atoms with Gasteiger partial charge in [0.2, 0.25) is 10.0 Å². The zero-order valence-corrected chi connectivity index (χ0v) is 15.5. The summed E-state index contributed by atoms with van der Waals surface area (Å²) in [5, 5.41) is 3.88. The number of thiazole rings is 1. The Hall–Kier alpha value is -1.48. The second kappa shape index (κ2) is 8.57. The van der Waals surface area contributed by atoms with E-state index >= 15 is 0 Å². The second-order valence-corrected chi connectivity index (χ2v) is 8.63. The minimum Gasteiger partial charge on any atom is -0.310 e. The topological polar surface area (TPSA) is 88.2 Å². The first-order valence-corrected chi connectivity index (χ1v) is 10.4. The number of amides is 1. The zero-order chi connectivity index (χ0) is 17.6. The molecule has 24 heavy (non-hydrogen) atoms. The fraction of sp³-hybridized carbons (Fsp3) is 0.333. The van der Waals surface area contributed by atoms with E-state index in [1.54, 1.807) is 0 Å². The number of rotatable bonds is 8. The molecule has 9 heteroatoms. The first-order valence-electron chi connectivity index (χ1n) is 7.27. The lowest BCUT2D eigenvalue weighted by Crippen LogP contribution is -2.29. The van der Waals surface area contributed by atoms with Crippen molar-refractivity contribution in [3.05, 3.63) is 50.9 Å². The number of nitrogens with one attached hydrogen (secondary N) is 2. The van der Waals surface area contributed by atoms with E-state index in [-0.39, 0.29) is 10.0 Å². The Morgan fingerprint density at radius 2 is 2.00 bits per heavy atom. The van der Waals surface area contributed by atoms with Gasteiger partial charge in [-0.2, -0.15) is 0 Å². The number of hydrogen-bond acceptors (Lipinski definition) is 6. The molecule has 0 aliphatic carbocycles. The third kappa shape index (κ3) is 6.20. The smallest absolute Gasteiger partial charge is 0.285 e. The molecular weight excluding hydrogens is 370 g/mol. The van der Waals surface area contributed by atoms with Gasteiger partial charge in [-0.3, -0.25) is 4.79 Å². The Bertz CT molecular complexity index is 792. The average molecular weight is 388 g/mol. The van der Waals surface area contributed by atoms with Gasteiger partial charge >= 0.3 is 0 Å². The SMILES string of the molecule is CS(=O)(=O)NC(=O)c1nc(CNCCCc2ccccc2)sc1Cl. The lowest BCUT2D eigenvalue weighted by Gasteiger charge is -2.03. The summed E-state index contributed by atoms with van der Waals surface area (Å²) in [4.78, 5) is 15.9. The molecule has 0 fully saturated rings. The fourth-order valence-corrected chi connectivity index (χ4v) is 3.61. The van der Waals surface area contributed by atoms with Gasteiger partial charge in [0.25, 0.3) is 5.91 Å². The van der Waals surface area contributed by atoms with Gasteiger partial charge in [-0.1, -0.05) is 41.9 Å². The van der Waals surface area contributed by atoms with Crippen molar-refractivity contribution in [3.8, 4) is 0 Å². The summed E-state index contributed by atoms with van der Waals surface area (Å²) in [6.07, 6.45) is 2.86. The summed E-state index contributed by atoms with van der Waals surface area (Å²) in [6, 6.07) is 10.2. The molecule has 0 saturated carbocycles. The van der Waals surface area contributed by atoms with Gasteiger partial charge in [-0.05, 0) is 24.9 Å². The number of carbonyl (C=O) groups excluding carboxylic acids is 1. The first-order chi connectivity index (χ1) is 11.3. The van der Waals surface area contributed by atoms with Crippen molar-refractivity contribution in [1.29, 1.82) is 0 Å². The minimum atomic E-state index is -3.64. The number of hydrogen-bond donors (Lipinski definition) is 2. The van der Waals surface area contributed by atoms with Crippen LogP contribution in [0.5, 0.6) is 0 Å². The van der Waals surface area contributed by atoms with Crippen LogP contribution in [0, 0.1) is 0 Å². The molecule has 2 N–H and O–H groups in total. The largest absolute Gasteiger partial charge is 0.310 e. The predicted molar refractivity (Wildman–Crippen MR) is 95.9 cm³/mol. The number of aryl methyl sites for hydroxylation is 1. The van der Waals surface area contributed by atoms with Gasteiger partial charge < -0.3 is 5.32 Å². The van der Waals surface area contributed by atoms with E-state index in [2.05, 4.69) is 22.4 Å². The van der Waals surface area contributed by atoms with Gasteiger partial charge in [0, 0.05) is 6.54 Å². The number of benzene rings is 1. The molecule has 0 aliphatic heterocycles. The maximum atomic E-state index is 11.8. The Morgan fingerprint density at radius 1 is 1.29 bits per heavy atom. The van der Waals surface area contributed by atoms with Crippen molar-refractivity contribution in [1.82, 2.24) is 15.0 Å². The van der Waals surface area contributed by atoms with Crippen molar-refractivity contribution in [2.75, 3.05) is 12.8 Å². The van der Waals surface area contributed by atoms with Gasteiger partial charge in [0.15, 0.2) is 5.69 Å². The van der Waals surface area contributed by atoms with Crippen LogP contribution >= 0.6 is 22.9 Å². The predicted octanol–water partition coefficient (Wildman–Crippen LogP) is 2.21. The highest BCUT2D eigenvalue weighted by atomic mass is 35.5. The fourth-order valence-electron chi connectivity index (χ4n) is 2.03. The molecule has 0 atom stereocenters. The lowest BCUT2D eigenvalue weighted by atomic mass is 10.1. The van der Waals surface area contributed by atoms with Gasteiger partial charge in [0.1, 0.15) is 9.34 Å². The number of nitrogens with zero attached hydrogens (tertiary/aromatic N) is 1. The molecule has 1 amide bonds. The van der Waals surface area contributed by atoms with Crippen molar-refractivity contribution >= 4 is 38.9 Å². The highest BCUT2D eigenvalue weighted by Gasteiger charge is 2.19. The number of aromatic nitrogens is 1. The van der Waals surface area contributed by atoms with Crippen LogP contribution in [0.25, 0.3) is 0 Å². The quantitative estimate of drug-likeness (QED) is 0.678. The molecule has 0 spiro atoms. The maximum Gasteiger partial charge on any atom is 0.285 e. The van der Waals surface area contributed by atoms with Gasteiger partial charge in [-0.15, -0.1) is 11.3 Å². The molecule has 1 heterocycles. The molecule has 0 aliphatic rings. The van der Waals surface area contributed by atoms with Crippen LogP contribution in [0.15, 0.2) is 30.3 Å². The Morgan fingerprint density at radius 3 is 2.67 bits per heavy atom. The van der Waals surface area contributed by atoms with E-state index in [4.69, 9.17) is 11.6 Å². The second-order valence-electron chi connectivity index (χ2n) is 5.20. The molecule has 1 aromatic carbocycles. The van der Waals surface area contributed by atoms with Crippen molar-refractivity contribution < 1.29 is 13.2 Å². The Kier molecular flexibility index (Phi) is 6.73. The third-order valence-electron chi connectivity index (χ3n) is 3.06. The highest BCUT2D eigenvalue weighted by Crippen LogP contribution is 2.24. The third-order valence-corrected chi connectivity index (χ3v) is 4.87. The summed E-state index contributed by atoms with van der Waals surface area (Å²) in [6.45, 7) is 1.28. The van der Waals surface area contributed by atoms with Crippen LogP contribution in [0.2, 0.25) is 4.34 Å². The normalized spacial score (nSPS) is 11.4. The van der Waals surface area contributed by atoms with Crippen LogP contribution in [0.1, 0.15) is 27.5 Å². The number of halogens is 1. The van der Waals surface area contributed by atoms with Crippen LogP contribution in [-0.4, -0.2) is 32.1 Å². The minimum absolute atomic E-state index is 0.0619. The molecule has 2 aromatic rings. The van der Waals surface area contributed by atoms with Gasteiger partial charge in [0.05, 0.1) is 6.26 Å². The number of carbonyl (C=O) groups is 1. The van der Waals surface area contributed by atoms with E-state index < -0.39 is 15.9 Å². The van der Waals surface area contributed by atoms with Crippen LogP contribution in [0.3, 0.4) is 0 Å². The van der Waals surface area contributed by atoms with Crippen molar-refractivity contribution in [2.45, 2.75) is 19.4 Å². The van der Waals surface area contributed by atoms with E-state index in [0.29, 0.717) is 11.6 Å². The van der Waals surface area contributed by atoms with E-state index in [1.165, 1.54) is 5.56 Å². The summed E-state index contributed by atoms with van der Waals surface area (Å²) < 4.78 is 24.2. The Balaban J connectivity index is 1.79. The molecule has 6 nitrogen and oxygen atoms in total. The lowest BCUT2D eigenvalue weighted by molar-refractivity contribution is 0.0977. The molecule has 2 rings (SSSR count). The summed E-state index contributed by atoms with van der Waals surface area (Å²) in [5.74, 6) is -0.811. The van der Waals surface area contributed by atoms with E-state index in [1.807, 2.05) is 22.9 Å². The summed E-state index contributed by atoms with van der Waals surface area (Å²) in [5.41, 5.74) is 1.23. The first kappa shape index (κ1) is 18.9. The van der Waals surface area contributed by atoms with Crippen LogP contribution in [-0.2, 0) is 23.0 Å². The monoisotopic (exact) mass is 387 g/mol. The molecule has 130 valence electrons. The van der Waals surface area contributed by atoms with Crippen LogP contribution in [0.4, 0.5) is 0 Å². The maximum absolute atomic E-state index is 11.8. The highest BCUT2D eigenvalue weighted by molar-refractivity contribution is 7.89. The molecular formula is C15H18ClN3O3S2. The molecule has 0 radical (unpaired) electrons. The summed E-state index contributed by atoms with van der Waals surface area (Å²) >= 11 is 7.12. The average Bonchev–Trinajstić information content (AvgIpc) is 2.87. The molecule has 0 unspecified atom stereocenters. The van der Waals surface area contributed by atoms with Crippen molar-refractivity contribution in [3.63, 3.8) is 0 Å². The zero-order valence-electron chi connectivity index (χ0n) is 13.1. The van der Waals surface area contributed by atoms with Crippen LogP contribution < -0.4 is 10.0 Å². The van der Waals surface area contributed by atoms with Crippen molar-refractivity contribution in [2.24, 2.45) is 0 Å². The molecule has 0 bridgehead atoms.